The Balaban J connectivity index is 1.63. The van der Waals surface area contributed by atoms with Crippen LogP contribution in [0.4, 0.5) is 17.1 Å². The van der Waals surface area contributed by atoms with Crippen LogP contribution in [-0.2, 0) is 19.6 Å². The van der Waals surface area contributed by atoms with Gasteiger partial charge in [0, 0.05) is 30.0 Å². The third-order valence-corrected chi connectivity index (χ3v) is 4.90. The van der Waals surface area contributed by atoms with Crippen molar-refractivity contribution in [2.75, 3.05) is 27.7 Å². The van der Waals surface area contributed by atoms with E-state index in [1.165, 1.54) is 0 Å². The van der Waals surface area contributed by atoms with Crippen molar-refractivity contribution < 1.29 is 18.0 Å². The van der Waals surface area contributed by atoms with Crippen LogP contribution in [0.1, 0.15) is 12.0 Å². The number of anilines is 3. The van der Waals surface area contributed by atoms with E-state index in [9.17, 15) is 18.0 Å². The summed E-state index contributed by atoms with van der Waals surface area (Å²) in [5.74, 6) is -0.749. The number of aryl methyl sites for hydroxylation is 1. The quantitative estimate of drug-likeness (QED) is 0.823. The molecule has 3 rings (SSSR count). The molecule has 1 aliphatic heterocycles. The van der Waals surface area contributed by atoms with E-state index in [4.69, 9.17) is 0 Å². The highest BCUT2D eigenvalue weighted by Gasteiger charge is 2.35. The summed E-state index contributed by atoms with van der Waals surface area (Å²) in [6.07, 6.45) is 1.23. The number of rotatable bonds is 5. The Morgan fingerprint density at radius 3 is 2.22 bits per heavy atom. The highest BCUT2D eigenvalue weighted by atomic mass is 32.2. The summed E-state index contributed by atoms with van der Waals surface area (Å²) < 4.78 is 24.8. The lowest BCUT2D eigenvalue weighted by atomic mass is 10.1. The molecule has 1 atom stereocenters. The van der Waals surface area contributed by atoms with Gasteiger partial charge >= 0.3 is 0 Å². The zero-order valence-corrected chi connectivity index (χ0v) is 15.9. The molecule has 1 fully saturated rings. The van der Waals surface area contributed by atoms with Crippen LogP contribution in [0, 0.1) is 12.8 Å². The molecular formula is C19H21N3O4S. The average Bonchev–Trinajstić information content (AvgIpc) is 2.98. The van der Waals surface area contributed by atoms with Crippen molar-refractivity contribution in [1.82, 2.24) is 0 Å². The van der Waals surface area contributed by atoms with Crippen LogP contribution in [0.15, 0.2) is 48.5 Å². The Morgan fingerprint density at radius 2 is 1.63 bits per heavy atom. The molecule has 2 aromatic rings. The number of carbonyl (C=O) groups excluding carboxylic acids is 2. The molecule has 2 aromatic carbocycles. The van der Waals surface area contributed by atoms with Crippen LogP contribution in [0.3, 0.4) is 0 Å². The molecule has 0 saturated carbocycles. The SMILES string of the molecule is Cc1ccc(N2CC(C(=O)Nc3ccc(NS(C)(=O)=O)cc3)CC2=O)cc1. The van der Waals surface area contributed by atoms with Gasteiger partial charge in [-0.1, -0.05) is 17.7 Å². The summed E-state index contributed by atoms with van der Waals surface area (Å²) in [6, 6.07) is 14.0. The zero-order chi connectivity index (χ0) is 19.6. The van der Waals surface area contributed by atoms with Crippen LogP contribution in [0.5, 0.6) is 0 Å². The number of nitrogens with zero attached hydrogens (tertiary/aromatic N) is 1. The van der Waals surface area contributed by atoms with Gasteiger partial charge in [-0.15, -0.1) is 0 Å². The molecule has 1 saturated heterocycles. The number of amides is 2. The summed E-state index contributed by atoms with van der Waals surface area (Å²) in [5, 5.41) is 2.78. The standard InChI is InChI=1S/C19H21N3O4S/c1-13-3-9-17(10-4-13)22-12-14(11-18(22)23)19(24)20-15-5-7-16(8-6-15)21-27(2,25)26/h3-10,14,21H,11-12H2,1-2H3,(H,20,24). The monoisotopic (exact) mass is 387 g/mol. The minimum absolute atomic E-state index is 0.0771. The summed E-state index contributed by atoms with van der Waals surface area (Å²) in [6.45, 7) is 2.31. The molecule has 142 valence electrons. The maximum Gasteiger partial charge on any atom is 0.229 e. The van der Waals surface area contributed by atoms with Crippen molar-refractivity contribution in [2.24, 2.45) is 5.92 Å². The first-order chi connectivity index (χ1) is 12.7. The van der Waals surface area contributed by atoms with Crippen molar-refractivity contribution in [2.45, 2.75) is 13.3 Å². The van der Waals surface area contributed by atoms with Crippen molar-refractivity contribution in [3.05, 3.63) is 54.1 Å². The largest absolute Gasteiger partial charge is 0.326 e. The molecule has 0 spiro atoms. The zero-order valence-electron chi connectivity index (χ0n) is 15.1. The predicted octanol–water partition coefficient (Wildman–Crippen LogP) is 2.36. The summed E-state index contributed by atoms with van der Waals surface area (Å²) in [7, 11) is -3.35. The Labute approximate surface area is 158 Å². The molecule has 7 nitrogen and oxygen atoms in total. The number of hydrogen-bond acceptors (Lipinski definition) is 4. The molecule has 1 heterocycles. The lowest BCUT2D eigenvalue weighted by Gasteiger charge is -2.17. The molecule has 27 heavy (non-hydrogen) atoms. The van der Waals surface area contributed by atoms with E-state index in [1.807, 2.05) is 31.2 Å². The van der Waals surface area contributed by atoms with Crippen LogP contribution in [0.2, 0.25) is 0 Å². The second kappa shape index (κ2) is 7.40. The Bertz CT molecular complexity index is 953. The first-order valence-corrected chi connectivity index (χ1v) is 10.4. The van der Waals surface area contributed by atoms with E-state index in [0.29, 0.717) is 17.9 Å². The van der Waals surface area contributed by atoms with E-state index in [0.717, 1.165) is 17.5 Å². The third-order valence-electron chi connectivity index (χ3n) is 4.30. The van der Waals surface area contributed by atoms with E-state index in [-0.39, 0.29) is 18.2 Å². The molecule has 0 aliphatic carbocycles. The number of carbonyl (C=O) groups is 2. The normalized spacial score (nSPS) is 17.0. The fraction of sp³-hybridized carbons (Fsp3) is 0.263. The number of benzene rings is 2. The molecule has 0 bridgehead atoms. The number of nitrogens with one attached hydrogen (secondary N) is 2. The van der Waals surface area contributed by atoms with Crippen LogP contribution >= 0.6 is 0 Å². The highest BCUT2D eigenvalue weighted by Crippen LogP contribution is 2.26. The van der Waals surface area contributed by atoms with Gasteiger partial charge < -0.3 is 10.2 Å². The summed E-state index contributed by atoms with van der Waals surface area (Å²) in [4.78, 5) is 26.4. The van der Waals surface area contributed by atoms with Gasteiger partial charge in [0.05, 0.1) is 12.2 Å². The molecule has 1 unspecified atom stereocenters. The number of sulfonamides is 1. The predicted molar refractivity (Wildman–Crippen MR) is 105 cm³/mol. The second-order valence-electron chi connectivity index (χ2n) is 6.68. The van der Waals surface area contributed by atoms with Gasteiger partial charge in [-0.25, -0.2) is 8.42 Å². The van der Waals surface area contributed by atoms with E-state index < -0.39 is 15.9 Å². The first-order valence-electron chi connectivity index (χ1n) is 8.47. The van der Waals surface area contributed by atoms with Gasteiger partial charge in [-0.05, 0) is 43.3 Å². The molecule has 0 radical (unpaired) electrons. The molecule has 2 amide bonds. The van der Waals surface area contributed by atoms with Gasteiger partial charge in [-0.2, -0.15) is 0 Å². The minimum atomic E-state index is -3.35. The molecular weight excluding hydrogens is 366 g/mol. The fourth-order valence-corrected chi connectivity index (χ4v) is 3.50. The number of hydrogen-bond donors (Lipinski definition) is 2. The average molecular weight is 387 g/mol. The summed E-state index contributed by atoms with van der Waals surface area (Å²) >= 11 is 0. The van der Waals surface area contributed by atoms with Crippen LogP contribution < -0.4 is 14.9 Å². The van der Waals surface area contributed by atoms with Gasteiger partial charge in [0.1, 0.15) is 0 Å². The van der Waals surface area contributed by atoms with Crippen molar-refractivity contribution >= 4 is 38.9 Å². The molecule has 1 aliphatic rings. The fourth-order valence-electron chi connectivity index (χ4n) is 2.94. The first kappa shape index (κ1) is 18.9. The minimum Gasteiger partial charge on any atom is -0.326 e. The van der Waals surface area contributed by atoms with Crippen LogP contribution in [-0.4, -0.2) is 33.0 Å². The lowest BCUT2D eigenvalue weighted by Crippen LogP contribution is -2.28. The Morgan fingerprint density at radius 1 is 1.04 bits per heavy atom. The van der Waals surface area contributed by atoms with Gasteiger partial charge in [0.2, 0.25) is 21.8 Å². The van der Waals surface area contributed by atoms with Gasteiger partial charge in [0.15, 0.2) is 0 Å². The lowest BCUT2D eigenvalue weighted by molar-refractivity contribution is -0.122. The topological polar surface area (TPSA) is 95.6 Å². The highest BCUT2D eigenvalue weighted by molar-refractivity contribution is 7.92. The Hall–Kier alpha value is -2.87. The van der Waals surface area contributed by atoms with Crippen LogP contribution in [0.25, 0.3) is 0 Å². The third kappa shape index (κ3) is 4.85. The van der Waals surface area contributed by atoms with Gasteiger partial charge in [-0.3, -0.25) is 14.3 Å². The van der Waals surface area contributed by atoms with E-state index in [1.54, 1.807) is 29.2 Å². The molecule has 2 N–H and O–H groups in total. The van der Waals surface area contributed by atoms with Gasteiger partial charge in [0.25, 0.3) is 0 Å². The summed E-state index contributed by atoms with van der Waals surface area (Å²) in [5.41, 5.74) is 2.85. The Kier molecular flexibility index (Phi) is 5.18. The smallest absolute Gasteiger partial charge is 0.229 e. The maximum absolute atomic E-state index is 12.5. The molecule has 8 heteroatoms. The maximum atomic E-state index is 12.5. The van der Waals surface area contributed by atoms with E-state index in [2.05, 4.69) is 10.0 Å². The second-order valence-corrected chi connectivity index (χ2v) is 8.43. The van der Waals surface area contributed by atoms with Crippen molar-refractivity contribution in [3.63, 3.8) is 0 Å². The molecule has 0 aromatic heterocycles. The van der Waals surface area contributed by atoms with E-state index >= 15 is 0 Å². The van der Waals surface area contributed by atoms with Crippen molar-refractivity contribution in [1.29, 1.82) is 0 Å². The van der Waals surface area contributed by atoms with Crippen molar-refractivity contribution in [3.8, 4) is 0 Å².